The lowest BCUT2D eigenvalue weighted by Gasteiger charge is -2.29. The predicted molar refractivity (Wildman–Crippen MR) is 44.9 cm³/mol. The summed E-state index contributed by atoms with van der Waals surface area (Å²) in [6, 6.07) is 0. The molecule has 0 amide bonds. The molecular weight excluding hydrogens is 219 g/mol. The molecule has 1 aliphatic heterocycles. The molecule has 7 heteroatoms. The average molecular weight is 232 g/mol. The van der Waals surface area contributed by atoms with Crippen LogP contribution >= 0.6 is 0 Å². The molecular formula is C8H13F5N2. The van der Waals surface area contributed by atoms with Gasteiger partial charge >= 0.3 is 12.1 Å². The molecule has 0 radical (unpaired) electrons. The fraction of sp³-hybridized carbons (Fsp3) is 1.00. The van der Waals surface area contributed by atoms with Crippen LogP contribution in [0.25, 0.3) is 0 Å². The largest absolute Gasteiger partial charge is 0.453 e. The fourth-order valence-electron chi connectivity index (χ4n) is 1.38. The molecule has 1 saturated heterocycles. The molecule has 0 spiro atoms. The van der Waals surface area contributed by atoms with Crippen LogP contribution in [0.4, 0.5) is 22.0 Å². The van der Waals surface area contributed by atoms with Gasteiger partial charge in [-0.25, -0.2) is 0 Å². The van der Waals surface area contributed by atoms with Crippen LogP contribution in [-0.4, -0.2) is 49.7 Å². The summed E-state index contributed by atoms with van der Waals surface area (Å²) in [4.78, 5) is 1.61. The summed E-state index contributed by atoms with van der Waals surface area (Å²) >= 11 is 0. The first-order valence-corrected chi connectivity index (χ1v) is 4.70. The molecule has 1 N–H and O–H groups in total. The Balaban J connectivity index is 2.35. The predicted octanol–water partition coefficient (Wildman–Crippen LogP) is 1.48. The van der Waals surface area contributed by atoms with Gasteiger partial charge in [0.25, 0.3) is 0 Å². The van der Waals surface area contributed by atoms with Crippen LogP contribution in [0.15, 0.2) is 0 Å². The van der Waals surface area contributed by atoms with Gasteiger partial charge in [0.05, 0.1) is 0 Å². The van der Waals surface area contributed by atoms with Gasteiger partial charge in [0.1, 0.15) is 0 Å². The maximum Gasteiger partial charge on any atom is 0.453 e. The lowest BCUT2D eigenvalue weighted by Crippen LogP contribution is -2.46. The normalized spacial score (nSPS) is 20.6. The van der Waals surface area contributed by atoms with E-state index < -0.39 is 18.5 Å². The summed E-state index contributed by atoms with van der Waals surface area (Å²) in [7, 11) is 0. The third kappa shape index (κ3) is 3.57. The summed E-state index contributed by atoms with van der Waals surface area (Å²) in [5.41, 5.74) is 0. The summed E-state index contributed by atoms with van der Waals surface area (Å²) in [5, 5.41) is 2.99. The minimum Gasteiger partial charge on any atom is -0.314 e. The SMILES string of the molecule is FC(F)(F)C(F)(F)CCN1CCNCC1. The van der Waals surface area contributed by atoms with E-state index >= 15 is 0 Å². The maximum absolute atomic E-state index is 12.5. The van der Waals surface area contributed by atoms with Gasteiger partial charge in [-0.2, -0.15) is 22.0 Å². The van der Waals surface area contributed by atoms with Crippen molar-refractivity contribution in [3.05, 3.63) is 0 Å². The van der Waals surface area contributed by atoms with E-state index in [2.05, 4.69) is 5.32 Å². The van der Waals surface area contributed by atoms with Gasteiger partial charge in [-0.3, -0.25) is 0 Å². The highest BCUT2D eigenvalue weighted by Gasteiger charge is 2.56. The Morgan fingerprint density at radius 1 is 1.00 bits per heavy atom. The first kappa shape index (κ1) is 12.6. The van der Waals surface area contributed by atoms with E-state index in [0.29, 0.717) is 26.2 Å². The molecule has 0 aromatic rings. The maximum atomic E-state index is 12.5. The van der Waals surface area contributed by atoms with Gasteiger partial charge in [0.15, 0.2) is 0 Å². The number of halogens is 5. The Labute approximate surface area is 84.4 Å². The summed E-state index contributed by atoms with van der Waals surface area (Å²) in [5.74, 6) is -4.57. The number of rotatable bonds is 3. The van der Waals surface area contributed by atoms with E-state index in [0.717, 1.165) is 0 Å². The Bertz CT molecular complexity index is 198. The van der Waals surface area contributed by atoms with Crippen molar-refractivity contribution in [3.8, 4) is 0 Å². The van der Waals surface area contributed by atoms with E-state index in [4.69, 9.17) is 0 Å². The standard InChI is InChI=1S/C8H13F5N2/c9-7(10,8(11,12)13)1-4-15-5-2-14-3-6-15/h14H,1-6H2. The lowest BCUT2D eigenvalue weighted by molar-refractivity contribution is -0.285. The van der Waals surface area contributed by atoms with Crippen molar-refractivity contribution >= 4 is 0 Å². The molecule has 0 bridgehead atoms. The van der Waals surface area contributed by atoms with E-state index in [1.807, 2.05) is 0 Å². The molecule has 1 rings (SSSR count). The van der Waals surface area contributed by atoms with Crippen LogP contribution in [0, 0.1) is 0 Å². The third-order valence-corrected chi connectivity index (χ3v) is 2.37. The minimum atomic E-state index is -5.43. The van der Waals surface area contributed by atoms with Crippen LogP contribution < -0.4 is 5.32 Å². The smallest absolute Gasteiger partial charge is 0.314 e. The van der Waals surface area contributed by atoms with Crippen molar-refractivity contribution in [2.24, 2.45) is 0 Å². The van der Waals surface area contributed by atoms with Crippen molar-refractivity contribution in [2.45, 2.75) is 18.5 Å². The highest BCUT2D eigenvalue weighted by molar-refractivity contribution is 4.78. The molecule has 1 aliphatic rings. The molecule has 0 unspecified atom stereocenters. The van der Waals surface area contributed by atoms with Crippen LogP contribution in [0.3, 0.4) is 0 Å². The van der Waals surface area contributed by atoms with E-state index in [9.17, 15) is 22.0 Å². The quantitative estimate of drug-likeness (QED) is 0.741. The molecule has 0 aromatic heterocycles. The van der Waals surface area contributed by atoms with Crippen LogP contribution in [0.2, 0.25) is 0 Å². The Kier molecular flexibility index (Phi) is 3.88. The topological polar surface area (TPSA) is 15.3 Å². The molecule has 90 valence electrons. The zero-order chi connectivity index (χ0) is 11.5. The summed E-state index contributed by atoms with van der Waals surface area (Å²) in [6.45, 7) is 2.10. The number of hydrogen-bond donors (Lipinski definition) is 1. The monoisotopic (exact) mass is 232 g/mol. The van der Waals surface area contributed by atoms with Crippen LogP contribution in [0.5, 0.6) is 0 Å². The molecule has 15 heavy (non-hydrogen) atoms. The zero-order valence-electron chi connectivity index (χ0n) is 8.08. The highest BCUT2D eigenvalue weighted by Crippen LogP contribution is 2.37. The van der Waals surface area contributed by atoms with Crippen molar-refractivity contribution in [2.75, 3.05) is 32.7 Å². The molecule has 1 fully saturated rings. The van der Waals surface area contributed by atoms with E-state index in [-0.39, 0.29) is 6.54 Å². The van der Waals surface area contributed by atoms with Crippen molar-refractivity contribution in [1.29, 1.82) is 0 Å². The Morgan fingerprint density at radius 3 is 2.00 bits per heavy atom. The Morgan fingerprint density at radius 2 is 1.53 bits per heavy atom. The van der Waals surface area contributed by atoms with Gasteiger partial charge in [-0.05, 0) is 0 Å². The van der Waals surface area contributed by atoms with Crippen LogP contribution in [0.1, 0.15) is 6.42 Å². The van der Waals surface area contributed by atoms with Crippen molar-refractivity contribution in [3.63, 3.8) is 0 Å². The molecule has 0 saturated carbocycles. The van der Waals surface area contributed by atoms with E-state index in [1.165, 1.54) is 0 Å². The first-order valence-electron chi connectivity index (χ1n) is 4.70. The second kappa shape index (κ2) is 4.61. The Hall–Kier alpha value is -0.430. The third-order valence-electron chi connectivity index (χ3n) is 2.37. The number of piperazine rings is 1. The van der Waals surface area contributed by atoms with Gasteiger partial charge in [0, 0.05) is 39.1 Å². The molecule has 0 atom stereocenters. The van der Waals surface area contributed by atoms with Gasteiger partial charge < -0.3 is 10.2 Å². The molecule has 0 aromatic carbocycles. The van der Waals surface area contributed by atoms with Gasteiger partial charge in [0.2, 0.25) is 0 Å². The van der Waals surface area contributed by atoms with Gasteiger partial charge in [-0.15, -0.1) is 0 Å². The minimum absolute atomic E-state index is 0.214. The zero-order valence-corrected chi connectivity index (χ0v) is 8.08. The highest BCUT2D eigenvalue weighted by atomic mass is 19.4. The molecule has 2 nitrogen and oxygen atoms in total. The second-order valence-electron chi connectivity index (χ2n) is 3.54. The molecule has 0 aliphatic carbocycles. The second-order valence-corrected chi connectivity index (χ2v) is 3.54. The van der Waals surface area contributed by atoms with Crippen molar-refractivity contribution < 1.29 is 22.0 Å². The summed E-state index contributed by atoms with van der Waals surface area (Å²) < 4.78 is 60.5. The fourth-order valence-corrected chi connectivity index (χ4v) is 1.38. The number of nitrogens with zero attached hydrogens (tertiary/aromatic N) is 1. The number of alkyl halides is 5. The number of nitrogens with one attached hydrogen (secondary N) is 1. The molecule has 1 heterocycles. The van der Waals surface area contributed by atoms with Crippen molar-refractivity contribution in [1.82, 2.24) is 10.2 Å². The number of hydrogen-bond acceptors (Lipinski definition) is 2. The first-order chi connectivity index (χ1) is 6.83. The lowest BCUT2D eigenvalue weighted by atomic mass is 10.2. The van der Waals surface area contributed by atoms with Crippen LogP contribution in [-0.2, 0) is 0 Å². The average Bonchev–Trinajstić information content (AvgIpc) is 2.15. The van der Waals surface area contributed by atoms with E-state index in [1.54, 1.807) is 4.90 Å². The summed E-state index contributed by atoms with van der Waals surface area (Å²) in [6.07, 6.45) is -6.59. The van der Waals surface area contributed by atoms with Gasteiger partial charge in [-0.1, -0.05) is 0 Å².